The number of nitrogens with zero attached hydrogens (tertiary/aromatic N) is 1. The quantitative estimate of drug-likeness (QED) is 0.905. The number of hydrogen-bond acceptors (Lipinski definition) is 4. The molecule has 2 N–H and O–H groups in total. The van der Waals surface area contributed by atoms with Gasteiger partial charge in [-0.3, -0.25) is 0 Å². The maximum Gasteiger partial charge on any atom is 0.125 e. The first-order valence-electron chi connectivity index (χ1n) is 6.25. The number of ether oxygens (including phenoxy) is 2. The Bertz CT molecular complexity index is 615. The second-order valence-electron chi connectivity index (χ2n) is 4.28. The molecule has 0 amide bonds. The van der Waals surface area contributed by atoms with E-state index < -0.39 is 0 Å². The molecule has 0 bridgehead atoms. The van der Waals surface area contributed by atoms with Gasteiger partial charge in [0.2, 0.25) is 0 Å². The Morgan fingerprint density at radius 2 is 1.90 bits per heavy atom. The summed E-state index contributed by atoms with van der Waals surface area (Å²) in [5.41, 5.74) is 8.03. The van der Waals surface area contributed by atoms with Crippen LogP contribution in [0.3, 0.4) is 0 Å². The van der Waals surface area contributed by atoms with Crippen LogP contribution in [0.1, 0.15) is 16.7 Å². The maximum atomic E-state index is 8.93. The van der Waals surface area contributed by atoms with Crippen LogP contribution in [0.15, 0.2) is 42.5 Å². The maximum absolute atomic E-state index is 8.93. The molecule has 0 heterocycles. The number of benzene rings is 2. The molecule has 0 aliphatic carbocycles. The molecule has 0 saturated heterocycles. The molecule has 0 unspecified atom stereocenters. The van der Waals surface area contributed by atoms with E-state index in [1.54, 1.807) is 25.3 Å². The van der Waals surface area contributed by atoms with Crippen molar-refractivity contribution in [2.45, 2.75) is 13.2 Å². The lowest BCUT2D eigenvalue weighted by Gasteiger charge is -2.11. The van der Waals surface area contributed by atoms with Crippen molar-refractivity contribution < 1.29 is 9.47 Å². The first-order chi connectivity index (χ1) is 9.76. The van der Waals surface area contributed by atoms with Crippen LogP contribution in [-0.4, -0.2) is 7.11 Å². The zero-order valence-corrected chi connectivity index (χ0v) is 11.3. The number of methoxy groups -OCH3 is 1. The highest BCUT2D eigenvalue weighted by molar-refractivity contribution is 5.42. The highest BCUT2D eigenvalue weighted by Gasteiger charge is 2.05. The fourth-order valence-electron chi connectivity index (χ4n) is 1.84. The van der Waals surface area contributed by atoms with Crippen LogP contribution in [0, 0.1) is 11.3 Å². The van der Waals surface area contributed by atoms with Gasteiger partial charge in [0.05, 0.1) is 18.7 Å². The van der Waals surface area contributed by atoms with E-state index in [1.807, 2.05) is 24.3 Å². The average molecular weight is 268 g/mol. The van der Waals surface area contributed by atoms with Gasteiger partial charge < -0.3 is 15.2 Å². The SMILES string of the molecule is COc1ccc(C#N)cc1COc1ccc(CN)cc1. The Labute approximate surface area is 118 Å². The summed E-state index contributed by atoms with van der Waals surface area (Å²) >= 11 is 0. The standard InChI is InChI=1S/C16H16N2O2/c1-19-16-7-4-13(10-18)8-14(16)11-20-15-5-2-12(9-17)3-6-15/h2-8H,9,11,17H2,1H3. The Kier molecular flexibility index (Phi) is 4.59. The third kappa shape index (κ3) is 3.28. The molecule has 0 radical (unpaired) electrons. The molecule has 2 aromatic carbocycles. The van der Waals surface area contributed by atoms with Crippen LogP contribution in [0.2, 0.25) is 0 Å². The molecule has 0 fully saturated rings. The first-order valence-corrected chi connectivity index (χ1v) is 6.25. The van der Waals surface area contributed by atoms with Crippen LogP contribution in [0.4, 0.5) is 0 Å². The van der Waals surface area contributed by atoms with Gasteiger partial charge in [-0.15, -0.1) is 0 Å². The fraction of sp³-hybridized carbons (Fsp3) is 0.188. The Morgan fingerprint density at radius 3 is 2.50 bits per heavy atom. The van der Waals surface area contributed by atoms with Gasteiger partial charge in [0.15, 0.2) is 0 Å². The van der Waals surface area contributed by atoms with Crippen molar-refractivity contribution in [3.05, 3.63) is 59.2 Å². The number of hydrogen-bond donors (Lipinski definition) is 1. The van der Waals surface area contributed by atoms with Crippen LogP contribution >= 0.6 is 0 Å². The summed E-state index contributed by atoms with van der Waals surface area (Å²) in [4.78, 5) is 0. The predicted octanol–water partition coefficient (Wildman–Crippen LogP) is 2.60. The molecule has 0 spiro atoms. The van der Waals surface area contributed by atoms with Gasteiger partial charge in [-0.2, -0.15) is 5.26 Å². The summed E-state index contributed by atoms with van der Waals surface area (Å²) in [6.45, 7) is 0.860. The smallest absolute Gasteiger partial charge is 0.125 e. The van der Waals surface area contributed by atoms with Crippen molar-refractivity contribution in [3.8, 4) is 17.6 Å². The molecule has 20 heavy (non-hydrogen) atoms. The molecule has 0 aromatic heterocycles. The lowest BCUT2D eigenvalue weighted by Crippen LogP contribution is -2.00. The molecule has 2 rings (SSSR count). The highest BCUT2D eigenvalue weighted by atomic mass is 16.5. The van der Waals surface area contributed by atoms with Gasteiger partial charge in [0, 0.05) is 12.1 Å². The predicted molar refractivity (Wildman–Crippen MR) is 76.4 cm³/mol. The van der Waals surface area contributed by atoms with Crippen LogP contribution in [0.25, 0.3) is 0 Å². The van der Waals surface area contributed by atoms with E-state index in [0.29, 0.717) is 24.5 Å². The summed E-state index contributed by atoms with van der Waals surface area (Å²) in [6.07, 6.45) is 0. The van der Waals surface area contributed by atoms with Gasteiger partial charge in [0.1, 0.15) is 18.1 Å². The van der Waals surface area contributed by atoms with Gasteiger partial charge in [-0.1, -0.05) is 12.1 Å². The minimum atomic E-state index is 0.348. The summed E-state index contributed by atoms with van der Waals surface area (Å²) in [7, 11) is 1.60. The Balaban J connectivity index is 2.11. The second kappa shape index (κ2) is 6.60. The third-order valence-electron chi connectivity index (χ3n) is 2.96. The van der Waals surface area contributed by atoms with Gasteiger partial charge in [-0.05, 0) is 35.9 Å². The van der Waals surface area contributed by atoms with Crippen LogP contribution in [-0.2, 0) is 13.2 Å². The lowest BCUT2D eigenvalue weighted by atomic mass is 10.1. The average Bonchev–Trinajstić information content (AvgIpc) is 2.53. The molecule has 4 nitrogen and oxygen atoms in total. The van der Waals surface area contributed by atoms with Crippen molar-refractivity contribution in [2.24, 2.45) is 5.73 Å². The molecule has 0 atom stereocenters. The topological polar surface area (TPSA) is 68.3 Å². The second-order valence-corrected chi connectivity index (χ2v) is 4.28. The van der Waals surface area contributed by atoms with Crippen molar-refractivity contribution in [1.82, 2.24) is 0 Å². The molecule has 2 aromatic rings. The van der Waals surface area contributed by atoms with Crippen molar-refractivity contribution in [1.29, 1.82) is 5.26 Å². The zero-order valence-electron chi connectivity index (χ0n) is 11.3. The van der Waals surface area contributed by atoms with Gasteiger partial charge in [0.25, 0.3) is 0 Å². The number of nitriles is 1. The molecular weight excluding hydrogens is 252 g/mol. The van der Waals surface area contributed by atoms with Crippen LogP contribution < -0.4 is 15.2 Å². The summed E-state index contributed by atoms with van der Waals surface area (Å²) < 4.78 is 11.0. The molecule has 102 valence electrons. The monoisotopic (exact) mass is 268 g/mol. The zero-order chi connectivity index (χ0) is 14.4. The van der Waals surface area contributed by atoms with E-state index in [9.17, 15) is 0 Å². The minimum absolute atomic E-state index is 0.348. The van der Waals surface area contributed by atoms with Crippen molar-refractivity contribution in [2.75, 3.05) is 7.11 Å². The molecule has 4 heteroatoms. The van der Waals surface area contributed by atoms with E-state index in [-0.39, 0.29) is 0 Å². The fourth-order valence-corrected chi connectivity index (χ4v) is 1.84. The van der Waals surface area contributed by atoms with E-state index in [4.69, 9.17) is 20.5 Å². The van der Waals surface area contributed by atoms with Gasteiger partial charge >= 0.3 is 0 Å². The Morgan fingerprint density at radius 1 is 1.15 bits per heavy atom. The summed E-state index contributed by atoms with van der Waals surface area (Å²) in [5.74, 6) is 1.47. The normalized spacial score (nSPS) is 9.85. The van der Waals surface area contributed by atoms with E-state index in [0.717, 1.165) is 16.9 Å². The summed E-state index contributed by atoms with van der Waals surface area (Å²) in [6, 6.07) is 15.0. The third-order valence-corrected chi connectivity index (χ3v) is 2.96. The summed E-state index contributed by atoms with van der Waals surface area (Å²) in [5, 5.41) is 8.93. The minimum Gasteiger partial charge on any atom is -0.496 e. The van der Waals surface area contributed by atoms with E-state index in [2.05, 4.69) is 6.07 Å². The molecular formula is C16H16N2O2. The number of rotatable bonds is 5. The molecule has 0 saturated carbocycles. The van der Waals surface area contributed by atoms with Crippen molar-refractivity contribution in [3.63, 3.8) is 0 Å². The lowest BCUT2D eigenvalue weighted by molar-refractivity contribution is 0.296. The van der Waals surface area contributed by atoms with Crippen molar-refractivity contribution >= 4 is 0 Å². The Hall–Kier alpha value is -2.51. The van der Waals surface area contributed by atoms with Crippen LogP contribution in [0.5, 0.6) is 11.5 Å². The highest BCUT2D eigenvalue weighted by Crippen LogP contribution is 2.22. The van der Waals surface area contributed by atoms with Gasteiger partial charge in [-0.25, -0.2) is 0 Å². The molecule has 0 aliphatic rings. The molecule has 0 aliphatic heterocycles. The largest absolute Gasteiger partial charge is 0.496 e. The van der Waals surface area contributed by atoms with E-state index >= 15 is 0 Å². The van der Waals surface area contributed by atoms with E-state index in [1.165, 1.54) is 0 Å². The number of nitrogens with two attached hydrogens (primary N) is 1. The first kappa shape index (κ1) is 13.9.